The fourth-order valence-corrected chi connectivity index (χ4v) is 1.29. The van der Waals surface area contributed by atoms with Crippen molar-refractivity contribution in [3.05, 3.63) is 35.4 Å². The van der Waals surface area contributed by atoms with E-state index in [-0.39, 0.29) is 18.7 Å². The number of hydrogen-bond donors (Lipinski definition) is 0. The number of hydrogen-bond acceptors (Lipinski definition) is 3. The molecule has 1 aromatic carbocycles. The predicted octanol–water partition coefficient (Wildman–Crippen LogP) is 1.57. The number of rotatable bonds is 4. The van der Waals surface area contributed by atoms with Crippen LogP contribution >= 0.6 is 0 Å². The molecular formula is C11H13F2NO2. The smallest absolute Gasteiger partial charge is 0.319 e. The molecule has 0 amide bonds. The maximum Gasteiger partial charge on any atom is 0.319 e. The summed E-state index contributed by atoms with van der Waals surface area (Å²) in [6.45, 7) is 0.0118. The van der Waals surface area contributed by atoms with Gasteiger partial charge in [-0.05, 0) is 19.2 Å². The molecule has 1 aromatic rings. The lowest BCUT2D eigenvalue weighted by Gasteiger charge is -2.15. The average molecular weight is 229 g/mol. The van der Waals surface area contributed by atoms with Crippen LogP contribution in [0.1, 0.15) is 5.56 Å². The standard InChI is InChI=1S/C11H13F2NO2/c1-14(7-11(15)16-2)6-8-9(12)4-3-5-10(8)13/h3-5H,6-7H2,1-2H3. The molecule has 0 bridgehead atoms. The highest BCUT2D eigenvalue weighted by molar-refractivity contribution is 5.71. The van der Waals surface area contributed by atoms with Crippen LogP contribution in [0.4, 0.5) is 8.78 Å². The third-order valence-corrected chi connectivity index (χ3v) is 2.12. The highest BCUT2D eigenvalue weighted by Gasteiger charge is 2.13. The van der Waals surface area contributed by atoms with Crippen LogP contribution < -0.4 is 0 Å². The minimum Gasteiger partial charge on any atom is -0.468 e. The van der Waals surface area contributed by atoms with Gasteiger partial charge in [0.2, 0.25) is 0 Å². The molecule has 0 aliphatic carbocycles. The van der Waals surface area contributed by atoms with Crippen molar-refractivity contribution in [3.63, 3.8) is 0 Å². The van der Waals surface area contributed by atoms with Crippen LogP contribution in [0.25, 0.3) is 0 Å². The summed E-state index contributed by atoms with van der Waals surface area (Å²) in [6, 6.07) is 3.67. The van der Waals surface area contributed by atoms with Gasteiger partial charge < -0.3 is 4.74 Å². The molecule has 0 aliphatic heterocycles. The van der Waals surface area contributed by atoms with Gasteiger partial charge in [0.05, 0.1) is 13.7 Å². The van der Waals surface area contributed by atoms with E-state index in [2.05, 4.69) is 4.74 Å². The highest BCUT2D eigenvalue weighted by Crippen LogP contribution is 2.13. The number of esters is 1. The Morgan fingerprint density at radius 2 is 1.94 bits per heavy atom. The fraction of sp³-hybridized carbons (Fsp3) is 0.364. The minimum absolute atomic E-state index is 0.00965. The Hall–Kier alpha value is -1.49. The first-order chi connectivity index (χ1) is 7.54. The van der Waals surface area contributed by atoms with E-state index in [0.717, 1.165) is 0 Å². The van der Waals surface area contributed by atoms with Crippen LogP contribution in [0.3, 0.4) is 0 Å². The Kier molecular flexibility index (Phi) is 4.37. The Balaban J connectivity index is 2.69. The molecule has 0 saturated carbocycles. The second-order valence-corrected chi connectivity index (χ2v) is 3.45. The molecule has 0 unspecified atom stereocenters. The van der Waals surface area contributed by atoms with E-state index in [1.165, 1.54) is 30.2 Å². The van der Waals surface area contributed by atoms with Crippen molar-refractivity contribution in [2.75, 3.05) is 20.7 Å². The molecule has 1 rings (SSSR count). The molecule has 0 N–H and O–H groups in total. The van der Waals surface area contributed by atoms with Crippen molar-refractivity contribution < 1.29 is 18.3 Å². The second-order valence-electron chi connectivity index (χ2n) is 3.45. The first-order valence-electron chi connectivity index (χ1n) is 4.73. The monoisotopic (exact) mass is 229 g/mol. The average Bonchev–Trinajstić information content (AvgIpc) is 2.23. The quantitative estimate of drug-likeness (QED) is 0.734. The summed E-state index contributed by atoms with van der Waals surface area (Å²) in [7, 11) is 2.85. The Bertz CT molecular complexity index is 362. The summed E-state index contributed by atoms with van der Waals surface area (Å²) in [5.74, 6) is -1.67. The molecule has 16 heavy (non-hydrogen) atoms. The summed E-state index contributed by atoms with van der Waals surface area (Å²) in [6.07, 6.45) is 0. The van der Waals surface area contributed by atoms with Crippen LogP contribution in [0.5, 0.6) is 0 Å². The summed E-state index contributed by atoms with van der Waals surface area (Å²) in [5, 5.41) is 0. The Labute approximate surface area is 92.6 Å². The van der Waals surface area contributed by atoms with E-state index >= 15 is 0 Å². The zero-order chi connectivity index (χ0) is 12.1. The van der Waals surface area contributed by atoms with Crippen molar-refractivity contribution in [2.45, 2.75) is 6.54 Å². The maximum absolute atomic E-state index is 13.2. The fourth-order valence-electron chi connectivity index (χ4n) is 1.29. The third-order valence-electron chi connectivity index (χ3n) is 2.12. The van der Waals surface area contributed by atoms with Crippen molar-refractivity contribution in [1.29, 1.82) is 0 Å². The number of carbonyl (C=O) groups excluding carboxylic acids is 1. The van der Waals surface area contributed by atoms with Crippen LogP contribution in [0.15, 0.2) is 18.2 Å². The van der Waals surface area contributed by atoms with E-state index in [4.69, 9.17) is 0 Å². The van der Waals surface area contributed by atoms with Crippen molar-refractivity contribution >= 4 is 5.97 Å². The highest BCUT2D eigenvalue weighted by atomic mass is 19.1. The molecule has 0 spiro atoms. The zero-order valence-electron chi connectivity index (χ0n) is 9.17. The molecule has 0 saturated heterocycles. The lowest BCUT2D eigenvalue weighted by Crippen LogP contribution is -2.27. The van der Waals surface area contributed by atoms with Gasteiger partial charge in [0.25, 0.3) is 0 Å². The van der Waals surface area contributed by atoms with Gasteiger partial charge in [-0.25, -0.2) is 8.78 Å². The van der Waals surface area contributed by atoms with Gasteiger partial charge in [-0.3, -0.25) is 9.69 Å². The number of likely N-dealkylation sites (N-methyl/N-ethyl adjacent to an activating group) is 1. The lowest BCUT2D eigenvalue weighted by molar-refractivity contribution is -0.141. The van der Waals surface area contributed by atoms with Crippen LogP contribution in [0.2, 0.25) is 0 Å². The maximum atomic E-state index is 13.2. The minimum atomic E-state index is -0.614. The first kappa shape index (κ1) is 12.6. The molecule has 5 heteroatoms. The molecular weight excluding hydrogens is 216 g/mol. The molecule has 0 radical (unpaired) electrons. The van der Waals surface area contributed by atoms with E-state index < -0.39 is 17.6 Å². The predicted molar refractivity (Wildman–Crippen MR) is 54.7 cm³/mol. The number of halogens is 2. The first-order valence-corrected chi connectivity index (χ1v) is 4.73. The van der Waals surface area contributed by atoms with Crippen LogP contribution in [-0.4, -0.2) is 31.6 Å². The zero-order valence-corrected chi connectivity index (χ0v) is 9.17. The number of nitrogens with zero attached hydrogens (tertiary/aromatic N) is 1. The summed E-state index contributed by atoms with van der Waals surface area (Å²) in [5.41, 5.74) is -0.0473. The molecule has 0 aliphatic rings. The van der Waals surface area contributed by atoms with E-state index in [1.807, 2.05) is 0 Å². The van der Waals surface area contributed by atoms with E-state index in [9.17, 15) is 13.6 Å². The number of benzene rings is 1. The van der Waals surface area contributed by atoms with E-state index in [0.29, 0.717) is 0 Å². The lowest BCUT2D eigenvalue weighted by atomic mass is 10.2. The van der Waals surface area contributed by atoms with Crippen molar-refractivity contribution in [1.82, 2.24) is 4.90 Å². The van der Waals surface area contributed by atoms with Crippen LogP contribution in [0, 0.1) is 11.6 Å². The van der Waals surface area contributed by atoms with Gasteiger partial charge in [-0.15, -0.1) is 0 Å². The van der Waals surface area contributed by atoms with Gasteiger partial charge >= 0.3 is 5.97 Å². The van der Waals surface area contributed by atoms with Crippen molar-refractivity contribution in [3.8, 4) is 0 Å². The number of methoxy groups -OCH3 is 1. The molecule has 0 aromatic heterocycles. The van der Waals surface area contributed by atoms with E-state index in [1.54, 1.807) is 7.05 Å². The topological polar surface area (TPSA) is 29.5 Å². The van der Waals surface area contributed by atoms with Gasteiger partial charge in [0, 0.05) is 12.1 Å². The van der Waals surface area contributed by atoms with Crippen molar-refractivity contribution in [2.24, 2.45) is 0 Å². The SMILES string of the molecule is COC(=O)CN(C)Cc1c(F)cccc1F. The molecule has 88 valence electrons. The largest absolute Gasteiger partial charge is 0.468 e. The molecule has 3 nitrogen and oxygen atoms in total. The van der Waals surface area contributed by atoms with Gasteiger partial charge in [-0.2, -0.15) is 0 Å². The van der Waals surface area contributed by atoms with Gasteiger partial charge in [0.15, 0.2) is 0 Å². The van der Waals surface area contributed by atoms with Gasteiger partial charge in [-0.1, -0.05) is 6.07 Å². The third kappa shape index (κ3) is 3.27. The molecule has 0 fully saturated rings. The normalized spacial score (nSPS) is 10.6. The number of ether oxygens (including phenoxy) is 1. The Morgan fingerprint density at radius 3 is 2.44 bits per heavy atom. The van der Waals surface area contributed by atoms with Crippen LogP contribution in [-0.2, 0) is 16.1 Å². The second kappa shape index (κ2) is 5.55. The Morgan fingerprint density at radius 1 is 1.38 bits per heavy atom. The summed E-state index contributed by atoms with van der Waals surface area (Å²) in [4.78, 5) is 12.4. The number of carbonyl (C=O) groups is 1. The molecule has 0 atom stereocenters. The van der Waals surface area contributed by atoms with Gasteiger partial charge in [0.1, 0.15) is 11.6 Å². The summed E-state index contributed by atoms with van der Waals surface area (Å²) < 4.78 is 30.9. The summed E-state index contributed by atoms with van der Waals surface area (Å²) >= 11 is 0. The molecule has 0 heterocycles.